The van der Waals surface area contributed by atoms with Crippen molar-refractivity contribution in [1.82, 2.24) is 4.90 Å². The van der Waals surface area contributed by atoms with Crippen LogP contribution in [-0.2, 0) is 16.1 Å². The smallest absolute Gasteiger partial charge is 0.410 e. The van der Waals surface area contributed by atoms with E-state index in [4.69, 9.17) is 4.74 Å². The van der Waals surface area contributed by atoms with E-state index in [0.29, 0.717) is 5.69 Å². The lowest BCUT2D eigenvalue weighted by Crippen LogP contribution is -2.43. The van der Waals surface area contributed by atoms with Gasteiger partial charge in [-0.3, -0.25) is 9.69 Å². The molecule has 1 saturated heterocycles. The summed E-state index contributed by atoms with van der Waals surface area (Å²) in [6.45, 7) is 0.194. The number of carbonyl (C=O) groups is 2. The highest BCUT2D eigenvalue weighted by molar-refractivity contribution is 9.10. The first kappa shape index (κ1) is 18.4. The predicted octanol–water partition coefficient (Wildman–Crippen LogP) is 3.16. The van der Waals surface area contributed by atoms with Crippen LogP contribution in [0.15, 0.2) is 59.1 Å². The van der Waals surface area contributed by atoms with Crippen molar-refractivity contribution in [2.75, 3.05) is 11.9 Å². The second-order valence-electron chi connectivity index (χ2n) is 6.09. The summed E-state index contributed by atoms with van der Waals surface area (Å²) in [5.41, 5.74) is 1.48. The van der Waals surface area contributed by atoms with E-state index < -0.39 is 18.2 Å². The van der Waals surface area contributed by atoms with E-state index in [9.17, 15) is 14.7 Å². The fourth-order valence-electron chi connectivity index (χ4n) is 2.83. The molecule has 1 aliphatic rings. The first-order valence-corrected chi connectivity index (χ1v) is 9.04. The number of hydrogen-bond acceptors (Lipinski definition) is 4. The molecule has 0 bridgehead atoms. The molecule has 2 amide bonds. The minimum Gasteiger partial charge on any atom is -0.445 e. The standard InChI is InChI=1S/C19H19BrN2O4/c20-14-6-8-15(9-7-14)21-18(24)17-10-16(23)11-22(17)19(25)26-12-13-4-2-1-3-5-13/h1-9,16-17,23H,10-12H2,(H,21,24)/t16-,17-/m0/s1. The van der Waals surface area contributed by atoms with Gasteiger partial charge in [0.1, 0.15) is 12.6 Å². The number of β-amino-alcohol motifs (C(OH)–C–C–N with tert-alkyl or cyclic N) is 1. The molecule has 3 rings (SSSR count). The summed E-state index contributed by atoms with van der Waals surface area (Å²) in [4.78, 5) is 26.2. The van der Waals surface area contributed by atoms with Gasteiger partial charge in [-0.25, -0.2) is 4.79 Å². The molecule has 0 saturated carbocycles. The molecule has 1 fully saturated rings. The second kappa shape index (κ2) is 8.33. The zero-order chi connectivity index (χ0) is 18.5. The molecule has 0 aromatic heterocycles. The zero-order valence-electron chi connectivity index (χ0n) is 14.0. The van der Waals surface area contributed by atoms with Gasteiger partial charge in [0, 0.05) is 16.6 Å². The molecule has 0 spiro atoms. The number of rotatable bonds is 4. The van der Waals surface area contributed by atoms with Crippen molar-refractivity contribution in [3.8, 4) is 0 Å². The molecule has 0 radical (unpaired) electrons. The lowest BCUT2D eigenvalue weighted by molar-refractivity contribution is -0.120. The van der Waals surface area contributed by atoms with Crippen molar-refractivity contribution >= 4 is 33.6 Å². The van der Waals surface area contributed by atoms with Crippen LogP contribution in [0.25, 0.3) is 0 Å². The van der Waals surface area contributed by atoms with Crippen molar-refractivity contribution in [1.29, 1.82) is 0 Å². The number of benzene rings is 2. The van der Waals surface area contributed by atoms with E-state index in [0.717, 1.165) is 10.0 Å². The fourth-order valence-corrected chi connectivity index (χ4v) is 3.09. The minimum absolute atomic E-state index is 0.0754. The third-order valence-electron chi connectivity index (χ3n) is 4.13. The average Bonchev–Trinajstić information content (AvgIpc) is 3.04. The molecule has 2 atom stereocenters. The SMILES string of the molecule is O=C(Nc1ccc(Br)cc1)[C@@H]1C[C@H](O)CN1C(=O)OCc1ccccc1. The highest BCUT2D eigenvalue weighted by Gasteiger charge is 2.39. The maximum absolute atomic E-state index is 12.6. The van der Waals surface area contributed by atoms with Crippen molar-refractivity contribution in [3.05, 3.63) is 64.6 Å². The van der Waals surface area contributed by atoms with Gasteiger partial charge in [-0.15, -0.1) is 0 Å². The molecule has 1 aliphatic heterocycles. The molecule has 0 aliphatic carbocycles. The number of aliphatic hydroxyl groups is 1. The first-order chi connectivity index (χ1) is 12.5. The molecule has 136 valence electrons. The number of hydrogen-bond donors (Lipinski definition) is 2. The summed E-state index contributed by atoms with van der Waals surface area (Å²) in [6.07, 6.45) is -1.18. The Bertz CT molecular complexity index is 767. The van der Waals surface area contributed by atoms with Gasteiger partial charge < -0.3 is 15.2 Å². The molecule has 0 unspecified atom stereocenters. The quantitative estimate of drug-likeness (QED) is 0.798. The molecule has 7 heteroatoms. The van der Waals surface area contributed by atoms with Gasteiger partial charge in [0.2, 0.25) is 5.91 Å². The molecule has 2 aromatic carbocycles. The number of anilines is 1. The topological polar surface area (TPSA) is 78.9 Å². The number of nitrogens with one attached hydrogen (secondary N) is 1. The van der Waals surface area contributed by atoms with Crippen molar-refractivity contribution < 1.29 is 19.4 Å². The Labute approximate surface area is 159 Å². The van der Waals surface area contributed by atoms with Gasteiger partial charge in [0.25, 0.3) is 0 Å². The molecule has 6 nitrogen and oxygen atoms in total. The number of nitrogens with zero attached hydrogens (tertiary/aromatic N) is 1. The Morgan fingerprint density at radius 2 is 1.85 bits per heavy atom. The van der Waals surface area contributed by atoms with Gasteiger partial charge in [0.15, 0.2) is 0 Å². The largest absolute Gasteiger partial charge is 0.445 e. The third-order valence-corrected chi connectivity index (χ3v) is 4.66. The molecular formula is C19H19BrN2O4. The number of ether oxygens (including phenoxy) is 1. The zero-order valence-corrected chi connectivity index (χ0v) is 15.6. The van der Waals surface area contributed by atoms with Crippen LogP contribution in [0.1, 0.15) is 12.0 Å². The lowest BCUT2D eigenvalue weighted by Gasteiger charge is -2.23. The fraction of sp³-hybridized carbons (Fsp3) is 0.263. The van der Waals surface area contributed by atoms with Crippen LogP contribution in [0.3, 0.4) is 0 Å². The summed E-state index contributed by atoms with van der Waals surface area (Å²) < 4.78 is 6.20. The first-order valence-electron chi connectivity index (χ1n) is 8.25. The predicted molar refractivity (Wildman–Crippen MR) is 101 cm³/mol. The van der Waals surface area contributed by atoms with E-state index >= 15 is 0 Å². The number of likely N-dealkylation sites (tertiary alicyclic amines) is 1. The normalized spacial score (nSPS) is 19.2. The number of halogens is 1. The van der Waals surface area contributed by atoms with Gasteiger partial charge in [-0.2, -0.15) is 0 Å². The maximum Gasteiger partial charge on any atom is 0.410 e. The van der Waals surface area contributed by atoms with Crippen molar-refractivity contribution in [3.63, 3.8) is 0 Å². The van der Waals surface area contributed by atoms with Crippen LogP contribution in [0, 0.1) is 0 Å². The van der Waals surface area contributed by atoms with E-state index in [2.05, 4.69) is 21.2 Å². The number of amides is 2. The Morgan fingerprint density at radius 3 is 2.54 bits per heavy atom. The summed E-state index contributed by atoms with van der Waals surface area (Å²) in [6, 6.07) is 15.7. The molecule has 1 heterocycles. The second-order valence-corrected chi connectivity index (χ2v) is 7.01. The molecule has 26 heavy (non-hydrogen) atoms. The summed E-state index contributed by atoms with van der Waals surface area (Å²) in [7, 11) is 0. The van der Waals surface area contributed by atoms with Crippen molar-refractivity contribution in [2.45, 2.75) is 25.2 Å². The lowest BCUT2D eigenvalue weighted by atomic mass is 10.2. The third kappa shape index (κ3) is 4.62. The molecule has 2 N–H and O–H groups in total. The van der Waals surface area contributed by atoms with E-state index in [1.54, 1.807) is 12.1 Å². The van der Waals surface area contributed by atoms with Gasteiger partial charge in [0.05, 0.1) is 12.6 Å². The van der Waals surface area contributed by atoms with Crippen LogP contribution in [0.5, 0.6) is 0 Å². The number of aliphatic hydroxyl groups excluding tert-OH is 1. The highest BCUT2D eigenvalue weighted by atomic mass is 79.9. The van der Waals surface area contributed by atoms with Gasteiger partial charge in [-0.05, 0) is 29.8 Å². The van der Waals surface area contributed by atoms with Crippen LogP contribution in [0.4, 0.5) is 10.5 Å². The average molecular weight is 419 g/mol. The highest BCUT2D eigenvalue weighted by Crippen LogP contribution is 2.22. The van der Waals surface area contributed by atoms with E-state index in [-0.39, 0.29) is 25.5 Å². The van der Waals surface area contributed by atoms with Crippen molar-refractivity contribution in [2.24, 2.45) is 0 Å². The summed E-state index contributed by atoms with van der Waals surface area (Å²) in [5, 5.41) is 12.7. The van der Waals surface area contributed by atoms with Crippen LogP contribution in [-0.4, -0.2) is 40.7 Å². The van der Waals surface area contributed by atoms with Crippen LogP contribution >= 0.6 is 15.9 Å². The Kier molecular flexibility index (Phi) is 5.90. The Balaban J connectivity index is 1.62. The molecular weight excluding hydrogens is 400 g/mol. The summed E-state index contributed by atoms with van der Waals surface area (Å²) >= 11 is 3.34. The van der Waals surface area contributed by atoms with Gasteiger partial charge in [-0.1, -0.05) is 46.3 Å². The Morgan fingerprint density at radius 1 is 1.15 bits per heavy atom. The van der Waals surface area contributed by atoms with Crippen LogP contribution < -0.4 is 5.32 Å². The van der Waals surface area contributed by atoms with Crippen LogP contribution in [0.2, 0.25) is 0 Å². The monoisotopic (exact) mass is 418 g/mol. The Hall–Kier alpha value is -2.38. The van der Waals surface area contributed by atoms with Gasteiger partial charge >= 0.3 is 6.09 Å². The van der Waals surface area contributed by atoms with E-state index in [1.807, 2.05) is 42.5 Å². The summed E-state index contributed by atoms with van der Waals surface area (Å²) in [5.74, 6) is -0.347. The maximum atomic E-state index is 12.6. The molecule has 2 aromatic rings. The van der Waals surface area contributed by atoms with E-state index in [1.165, 1.54) is 4.90 Å². The minimum atomic E-state index is -0.767. The number of carbonyl (C=O) groups excluding carboxylic acids is 2.